The third-order valence-electron chi connectivity index (χ3n) is 2.98. The van der Waals surface area contributed by atoms with Crippen LogP contribution in [0.1, 0.15) is 24.2 Å². The van der Waals surface area contributed by atoms with Gasteiger partial charge in [-0.1, -0.05) is 24.6 Å². The van der Waals surface area contributed by atoms with E-state index < -0.39 is 0 Å². The predicted octanol–water partition coefficient (Wildman–Crippen LogP) is 3.58. The Labute approximate surface area is 122 Å². The SMILES string of the molecule is CCNC(c1ccc(Cl)c(OC)c1)c1ncccc1F. The first-order chi connectivity index (χ1) is 9.67. The second kappa shape index (κ2) is 6.68. The molecule has 1 N–H and O–H groups in total. The molecule has 0 aliphatic carbocycles. The van der Waals surface area contributed by atoms with Crippen molar-refractivity contribution < 1.29 is 9.13 Å². The molecule has 0 aliphatic rings. The van der Waals surface area contributed by atoms with Gasteiger partial charge in [0.05, 0.1) is 23.9 Å². The molecule has 0 fully saturated rings. The molecule has 1 aromatic carbocycles. The van der Waals surface area contributed by atoms with Crippen molar-refractivity contribution in [2.24, 2.45) is 0 Å². The summed E-state index contributed by atoms with van der Waals surface area (Å²) < 4.78 is 19.2. The van der Waals surface area contributed by atoms with Crippen molar-refractivity contribution in [2.75, 3.05) is 13.7 Å². The lowest BCUT2D eigenvalue weighted by atomic mass is 10.0. The summed E-state index contributed by atoms with van der Waals surface area (Å²) in [6.07, 6.45) is 1.58. The topological polar surface area (TPSA) is 34.1 Å². The van der Waals surface area contributed by atoms with Crippen LogP contribution < -0.4 is 10.1 Å². The summed E-state index contributed by atoms with van der Waals surface area (Å²) >= 11 is 6.02. The van der Waals surface area contributed by atoms with Gasteiger partial charge >= 0.3 is 0 Å². The molecule has 5 heteroatoms. The van der Waals surface area contributed by atoms with Gasteiger partial charge in [-0.25, -0.2) is 4.39 Å². The Morgan fingerprint density at radius 1 is 1.40 bits per heavy atom. The second-order valence-corrected chi connectivity index (χ2v) is 4.66. The number of hydrogen-bond acceptors (Lipinski definition) is 3. The molecule has 0 spiro atoms. The first kappa shape index (κ1) is 14.8. The molecule has 106 valence electrons. The van der Waals surface area contributed by atoms with E-state index in [1.807, 2.05) is 13.0 Å². The standard InChI is InChI=1S/C15H16ClFN2O/c1-3-18-14(15-12(17)5-4-8-19-15)10-6-7-11(16)13(9-10)20-2/h4-9,14,18H,3H2,1-2H3. The maximum absolute atomic E-state index is 14.0. The van der Waals surface area contributed by atoms with E-state index in [0.29, 0.717) is 23.0 Å². The molecule has 0 saturated heterocycles. The third kappa shape index (κ3) is 3.08. The number of pyridine rings is 1. The van der Waals surface area contributed by atoms with E-state index in [1.54, 1.807) is 31.5 Å². The summed E-state index contributed by atoms with van der Waals surface area (Å²) in [5.74, 6) is 0.218. The molecule has 0 amide bonds. The van der Waals surface area contributed by atoms with Crippen molar-refractivity contribution in [2.45, 2.75) is 13.0 Å². The molecular weight excluding hydrogens is 279 g/mol. The van der Waals surface area contributed by atoms with E-state index >= 15 is 0 Å². The lowest BCUT2D eigenvalue weighted by Crippen LogP contribution is -2.24. The van der Waals surface area contributed by atoms with E-state index in [2.05, 4.69) is 10.3 Å². The average Bonchev–Trinajstić information content (AvgIpc) is 2.46. The van der Waals surface area contributed by atoms with Crippen molar-refractivity contribution in [3.05, 3.63) is 58.6 Å². The number of methoxy groups -OCH3 is 1. The Bertz CT molecular complexity index is 592. The number of halogens is 2. The molecule has 20 heavy (non-hydrogen) atoms. The van der Waals surface area contributed by atoms with Gasteiger partial charge in [-0.15, -0.1) is 0 Å². The summed E-state index contributed by atoms with van der Waals surface area (Å²) in [5, 5.41) is 3.75. The van der Waals surface area contributed by atoms with Crippen LogP contribution in [0.5, 0.6) is 5.75 Å². The van der Waals surface area contributed by atoms with Crippen LogP contribution in [0.4, 0.5) is 4.39 Å². The van der Waals surface area contributed by atoms with Crippen molar-refractivity contribution in [3.8, 4) is 5.75 Å². The van der Waals surface area contributed by atoms with Crippen molar-refractivity contribution in [1.82, 2.24) is 10.3 Å². The molecule has 2 rings (SSSR count). The van der Waals surface area contributed by atoms with E-state index in [0.717, 1.165) is 5.56 Å². The largest absolute Gasteiger partial charge is 0.495 e. The van der Waals surface area contributed by atoms with Gasteiger partial charge in [0, 0.05) is 6.20 Å². The zero-order valence-electron chi connectivity index (χ0n) is 11.4. The number of hydrogen-bond donors (Lipinski definition) is 1. The van der Waals surface area contributed by atoms with Gasteiger partial charge in [0.2, 0.25) is 0 Å². The first-order valence-corrected chi connectivity index (χ1v) is 6.72. The van der Waals surface area contributed by atoms with E-state index in [-0.39, 0.29) is 11.9 Å². The first-order valence-electron chi connectivity index (χ1n) is 6.34. The maximum atomic E-state index is 14.0. The van der Waals surface area contributed by atoms with Crippen molar-refractivity contribution in [1.29, 1.82) is 0 Å². The summed E-state index contributed by atoms with van der Waals surface area (Å²) in [7, 11) is 1.55. The van der Waals surface area contributed by atoms with Gasteiger partial charge in [0.15, 0.2) is 0 Å². The average molecular weight is 295 g/mol. The highest BCUT2D eigenvalue weighted by molar-refractivity contribution is 6.32. The highest BCUT2D eigenvalue weighted by Crippen LogP contribution is 2.30. The number of rotatable bonds is 5. The van der Waals surface area contributed by atoms with Crippen LogP contribution in [0.3, 0.4) is 0 Å². The minimum atomic E-state index is -0.340. The molecule has 0 saturated carbocycles. The zero-order chi connectivity index (χ0) is 14.5. The molecule has 1 aromatic heterocycles. The Balaban J connectivity index is 2.46. The minimum Gasteiger partial charge on any atom is -0.495 e. The van der Waals surface area contributed by atoms with Crippen LogP contribution >= 0.6 is 11.6 Å². The zero-order valence-corrected chi connectivity index (χ0v) is 12.1. The normalized spacial score (nSPS) is 12.2. The molecule has 3 nitrogen and oxygen atoms in total. The summed E-state index contributed by atoms with van der Waals surface area (Å²) in [6, 6.07) is 8.01. The molecule has 2 aromatic rings. The summed E-state index contributed by atoms with van der Waals surface area (Å²) in [5.41, 5.74) is 1.21. The molecule has 0 bridgehead atoms. The van der Waals surface area contributed by atoms with Crippen molar-refractivity contribution >= 4 is 11.6 Å². The van der Waals surface area contributed by atoms with Crippen LogP contribution in [-0.4, -0.2) is 18.6 Å². The Morgan fingerprint density at radius 3 is 2.85 bits per heavy atom. The highest BCUT2D eigenvalue weighted by atomic mass is 35.5. The van der Waals surface area contributed by atoms with Gasteiger partial charge < -0.3 is 10.1 Å². The number of nitrogens with one attached hydrogen (secondary N) is 1. The summed E-state index contributed by atoms with van der Waals surface area (Å²) in [6.45, 7) is 2.65. The number of aromatic nitrogens is 1. The van der Waals surface area contributed by atoms with E-state index in [9.17, 15) is 4.39 Å². The number of ether oxygens (including phenoxy) is 1. The van der Waals surface area contributed by atoms with Gasteiger partial charge in [-0.3, -0.25) is 4.98 Å². The monoisotopic (exact) mass is 294 g/mol. The fourth-order valence-electron chi connectivity index (χ4n) is 2.04. The van der Waals surface area contributed by atoms with Crippen LogP contribution in [0.2, 0.25) is 5.02 Å². The Hall–Kier alpha value is -1.65. The van der Waals surface area contributed by atoms with Crippen LogP contribution in [0, 0.1) is 5.82 Å². The van der Waals surface area contributed by atoms with Gasteiger partial charge in [0.25, 0.3) is 0 Å². The quantitative estimate of drug-likeness (QED) is 0.915. The van der Waals surface area contributed by atoms with Gasteiger partial charge in [-0.2, -0.15) is 0 Å². The van der Waals surface area contributed by atoms with Crippen molar-refractivity contribution in [3.63, 3.8) is 0 Å². The second-order valence-electron chi connectivity index (χ2n) is 4.26. The Morgan fingerprint density at radius 2 is 2.20 bits per heavy atom. The maximum Gasteiger partial charge on any atom is 0.146 e. The van der Waals surface area contributed by atoms with Gasteiger partial charge in [-0.05, 0) is 36.4 Å². The Kier molecular flexibility index (Phi) is 4.93. The van der Waals surface area contributed by atoms with Crippen LogP contribution in [-0.2, 0) is 0 Å². The molecule has 1 heterocycles. The highest BCUT2D eigenvalue weighted by Gasteiger charge is 2.19. The molecule has 1 unspecified atom stereocenters. The minimum absolute atomic E-state index is 0.340. The fourth-order valence-corrected chi connectivity index (χ4v) is 2.24. The van der Waals surface area contributed by atoms with Crippen LogP contribution in [0.25, 0.3) is 0 Å². The number of benzene rings is 1. The van der Waals surface area contributed by atoms with E-state index in [1.165, 1.54) is 6.07 Å². The molecule has 0 radical (unpaired) electrons. The molecule has 0 aliphatic heterocycles. The molecule has 1 atom stereocenters. The smallest absolute Gasteiger partial charge is 0.146 e. The lowest BCUT2D eigenvalue weighted by molar-refractivity contribution is 0.413. The summed E-state index contributed by atoms with van der Waals surface area (Å²) in [4.78, 5) is 4.14. The lowest BCUT2D eigenvalue weighted by Gasteiger charge is -2.19. The van der Waals surface area contributed by atoms with Crippen LogP contribution in [0.15, 0.2) is 36.5 Å². The van der Waals surface area contributed by atoms with E-state index in [4.69, 9.17) is 16.3 Å². The fraction of sp³-hybridized carbons (Fsp3) is 0.267. The van der Waals surface area contributed by atoms with Gasteiger partial charge in [0.1, 0.15) is 11.6 Å². The third-order valence-corrected chi connectivity index (χ3v) is 3.29. The number of nitrogens with zero attached hydrogens (tertiary/aromatic N) is 1. The molecular formula is C15H16ClFN2O. The predicted molar refractivity (Wildman–Crippen MR) is 77.7 cm³/mol.